The first-order chi connectivity index (χ1) is 22.1. The molecule has 3 amide bonds. The number of methoxy groups -OCH3 is 1. The number of hydrogen-bond acceptors (Lipinski definition) is 6. The summed E-state index contributed by atoms with van der Waals surface area (Å²) in [4.78, 5) is 55.5. The lowest BCUT2D eigenvalue weighted by Gasteiger charge is -2.52. The summed E-state index contributed by atoms with van der Waals surface area (Å²) in [6, 6.07) is 19.3. The average Bonchev–Trinajstić information content (AvgIpc) is 3.43. The lowest BCUT2D eigenvalue weighted by Crippen LogP contribution is -2.74. The van der Waals surface area contributed by atoms with Crippen LogP contribution in [0.1, 0.15) is 41.1 Å². The molecular formula is C34H32F3N3O6. The van der Waals surface area contributed by atoms with Crippen LogP contribution >= 0.6 is 0 Å². The van der Waals surface area contributed by atoms with E-state index in [1.807, 2.05) is 60.7 Å². The van der Waals surface area contributed by atoms with Gasteiger partial charge in [-0.15, -0.1) is 0 Å². The predicted molar refractivity (Wildman–Crippen MR) is 161 cm³/mol. The van der Waals surface area contributed by atoms with Gasteiger partial charge in [0.2, 0.25) is 11.8 Å². The molecule has 12 heteroatoms. The van der Waals surface area contributed by atoms with Crippen LogP contribution in [0.5, 0.6) is 0 Å². The van der Waals surface area contributed by atoms with E-state index in [0.717, 1.165) is 23.3 Å². The van der Waals surface area contributed by atoms with Gasteiger partial charge in [0, 0.05) is 13.0 Å². The number of ether oxygens (including phenoxy) is 2. The van der Waals surface area contributed by atoms with Crippen molar-refractivity contribution in [2.24, 2.45) is 0 Å². The maximum absolute atomic E-state index is 14.0. The Morgan fingerprint density at radius 2 is 1.72 bits per heavy atom. The van der Waals surface area contributed by atoms with Crippen LogP contribution in [0, 0.1) is 0 Å². The second-order valence-electron chi connectivity index (χ2n) is 10.9. The van der Waals surface area contributed by atoms with E-state index in [-0.39, 0.29) is 31.6 Å². The van der Waals surface area contributed by atoms with E-state index in [4.69, 9.17) is 9.47 Å². The highest BCUT2D eigenvalue weighted by atomic mass is 19.4. The number of benzene rings is 3. The highest BCUT2D eigenvalue weighted by Gasteiger charge is 2.58. The van der Waals surface area contributed by atoms with E-state index >= 15 is 0 Å². The summed E-state index contributed by atoms with van der Waals surface area (Å²) in [6.45, 7) is -0.215. The van der Waals surface area contributed by atoms with E-state index in [2.05, 4.69) is 5.32 Å². The van der Waals surface area contributed by atoms with Gasteiger partial charge in [0.25, 0.3) is 0 Å². The number of β-lactam (4-membered cyclic amide) rings is 1. The van der Waals surface area contributed by atoms with E-state index in [9.17, 15) is 32.3 Å². The lowest BCUT2D eigenvalue weighted by molar-refractivity contribution is -0.163. The van der Waals surface area contributed by atoms with Crippen LogP contribution in [-0.2, 0) is 36.6 Å². The number of carbonyl (C=O) groups is 4. The summed E-state index contributed by atoms with van der Waals surface area (Å²) in [6.07, 6.45) is -2.07. The van der Waals surface area contributed by atoms with Gasteiger partial charge >= 0.3 is 18.2 Å². The molecule has 5 rings (SSSR count). The highest BCUT2D eigenvalue weighted by Crippen LogP contribution is 2.39. The van der Waals surface area contributed by atoms with Crippen molar-refractivity contribution < 1.29 is 41.8 Å². The monoisotopic (exact) mass is 635 g/mol. The minimum absolute atomic E-state index is 0.0327. The summed E-state index contributed by atoms with van der Waals surface area (Å²) in [5.74, 6) is -1.81. The quantitative estimate of drug-likeness (QED) is 0.232. The maximum Gasteiger partial charge on any atom is 0.416 e. The molecule has 2 unspecified atom stereocenters. The zero-order chi connectivity index (χ0) is 32.8. The molecule has 2 saturated heterocycles. The lowest BCUT2D eigenvalue weighted by atomic mass is 9.87. The Kier molecular flexibility index (Phi) is 9.74. The van der Waals surface area contributed by atoms with Gasteiger partial charge < -0.3 is 19.7 Å². The molecule has 0 aromatic heterocycles. The Balaban J connectivity index is 1.45. The third kappa shape index (κ3) is 7.06. The average molecular weight is 636 g/mol. The topological polar surface area (TPSA) is 105 Å². The van der Waals surface area contributed by atoms with Crippen molar-refractivity contribution in [3.63, 3.8) is 0 Å². The van der Waals surface area contributed by atoms with Crippen LogP contribution in [-0.4, -0.2) is 65.5 Å². The molecule has 1 N–H and O–H groups in total. The minimum Gasteiger partial charge on any atom is -0.469 e. The molecule has 2 aliphatic heterocycles. The third-order valence-corrected chi connectivity index (χ3v) is 8.04. The van der Waals surface area contributed by atoms with Gasteiger partial charge in [-0.2, -0.15) is 13.2 Å². The number of nitrogens with zero attached hydrogens (tertiary/aromatic N) is 2. The van der Waals surface area contributed by atoms with Crippen molar-refractivity contribution in [1.82, 2.24) is 15.1 Å². The van der Waals surface area contributed by atoms with E-state index < -0.39 is 59.8 Å². The largest absolute Gasteiger partial charge is 0.469 e. The van der Waals surface area contributed by atoms with Gasteiger partial charge in [-0.3, -0.25) is 19.3 Å². The summed E-state index contributed by atoms with van der Waals surface area (Å²) in [5, 5.41) is 2.63. The second kappa shape index (κ2) is 13.9. The molecule has 240 valence electrons. The zero-order valence-electron chi connectivity index (χ0n) is 24.9. The molecule has 4 atom stereocenters. The van der Waals surface area contributed by atoms with Crippen LogP contribution in [0.3, 0.4) is 0 Å². The highest BCUT2D eigenvalue weighted by molar-refractivity contribution is 5.98. The summed E-state index contributed by atoms with van der Waals surface area (Å²) >= 11 is 0. The number of halogens is 3. The Labute approximate surface area is 263 Å². The van der Waals surface area contributed by atoms with Crippen LogP contribution in [0.15, 0.2) is 91.0 Å². The fourth-order valence-electron chi connectivity index (χ4n) is 5.72. The summed E-state index contributed by atoms with van der Waals surface area (Å²) < 4.78 is 49.9. The molecule has 0 saturated carbocycles. The number of cyclic esters (lactones) is 1. The molecule has 46 heavy (non-hydrogen) atoms. The number of hydrogen-bond donors (Lipinski definition) is 1. The maximum atomic E-state index is 14.0. The first-order valence-electron chi connectivity index (χ1n) is 14.6. The Hall–Kier alpha value is -5.13. The minimum atomic E-state index is -4.56. The van der Waals surface area contributed by atoms with Crippen molar-refractivity contribution in [3.8, 4) is 0 Å². The van der Waals surface area contributed by atoms with E-state index in [1.54, 1.807) is 12.2 Å². The molecule has 9 nitrogen and oxygen atoms in total. The molecule has 3 aromatic rings. The van der Waals surface area contributed by atoms with Crippen LogP contribution < -0.4 is 5.32 Å². The van der Waals surface area contributed by atoms with Crippen LogP contribution in [0.4, 0.5) is 18.0 Å². The van der Waals surface area contributed by atoms with Gasteiger partial charge in [0.1, 0.15) is 18.7 Å². The fourth-order valence-corrected chi connectivity index (χ4v) is 5.72. The standard InChI is InChI=1S/C34H32F3N3O6/c1-45-29(41)18-17-27(31(42)38-20-23-11-8-14-25(19-23)34(35,36)37)39-26(16-15-22-9-4-2-5-10-22)30(32(39)43)40-28(21-46-33(40)44)24-12-6-3-7-13-24/h2-16,19,26-28,30H,17-18,20-21H2,1H3,(H,38,42)/t26?,27-,28+,30?/m0/s1. The molecular weight excluding hydrogens is 603 g/mol. The van der Waals surface area contributed by atoms with Crippen LogP contribution in [0.2, 0.25) is 0 Å². The Morgan fingerprint density at radius 3 is 2.39 bits per heavy atom. The van der Waals surface area contributed by atoms with Gasteiger partial charge in [-0.25, -0.2) is 4.79 Å². The number of likely N-dealkylation sites (tertiary alicyclic amines) is 1. The number of esters is 1. The molecule has 0 bridgehead atoms. The first kappa shape index (κ1) is 32.3. The van der Waals surface area contributed by atoms with Crippen molar-refractivity contribution in [3.05, 3.63) is 113 Å². The number of alkyl halides is 3. The van der Waals surface area contributed by atoms with Gasteiger partial charge in [-0.05, 0) is 35.2 Å². The van der Waals surface area contributed by atoms with E-state index in [0.29, 0.717) is 0 Å². The first-order valence-corrected chi connectivity index (χ1v) is 14.6. The summed E-state index contributed by atoms with van der Waals surface area (Å²) in [5.41, 5.74) is 0.920. The molecule has 2 heterocycles. The van der Waals surface area contributed by atoms with Crippen molar-refractivity contribution in [2.45, 2.75) is 49.7 Å². The van der Waals surface area contributed by atoms with Crippen molar-refractivity contribution in [2.75, 3.05) is 13.7 Å². The molecule has 2 fully saturated rings. The third-order valence-electron chi connectivity index (χ3n) is 8.04. The number of rotatable bonds is 11. The van der Waals surface area contributed by atoms with Crippen molar-refractivity contribution in [1.29, 1.82) is 0 Å². The molecule has 3 aromatic carbocycles. The summed E-state index contributed by atoms with van der Waals surface area (Å²) in [7, 11) is 1.20. The fraction of sp³-hybridized carbons (Fsp3) is 0.294. The van der Waals surface area contributed by atoms with Gasteiger partial charge in [0.05, 0.1) is 24.8 Å². The Bertz CT molecular complexity index is 1600. The normalized spacial score (nSPS) is 20.3. The number of amides is 3. The van der Waals surface area contributed by atoms with E-state index in [1.165, 1.54) is 29.0 Å². The Morgan fingerprint density at radius 1 is 1.02 bits per heavy atom. The molecule has 2 aliphatic rings. The second-order valence-corrected chi connectivity index (χ2v) is 10.9. The predicted octanol–water partition coefficient (Wildman–Crippen LogP) is 5.13. The SMILES string of the molecule is COC(=O)CC[C@@H](C(=O)NCc1cccc(C(F)(F)F)c1)N1C(=O)C(N2C(=O)OC[C@@H]2c2ccccc2)C1C=Cc1ccccc1. The van der Waals surface area contributed by atoms with Gasteiger partial charge in [0.15, 0.2) is 0 Å². The van der Waals surface area contributed by atoms with Crippen LogP contribution in [0.25, 0.3) is 6.08 Å². The number of carbonyl (C=O) groups excluding carboxylic acids is 4. The van der Waals surface area contributed by atoms with Crippen molar-refractivity contribution >= 4 is 30.0 Å². The molecule has 0 radical (unpaired) electrons. The number of nitrogens with one attached hydrogen (secondary N) is 1. The zero-order valence-corrected chi connectivity index (χ0v) is 24.9. The van der Waals surface area contributed by atoms with Gasteiger partial charge in [-0.1, -0.05) is 84.9 Å². The molecule has 0 spiro atoms. The molecule has 0 aliphatic carbocycles. The smallest absolute Gasteiger partial charge is 0.416 e.